The molecule has 0 bridgehead atoms. The molecule has 1 fully saturated rings. The summed E-state index contributed by atoms with van der Waals surface area (Å²) in [5.74, 6) is -0.637. The van der Waals surface area contributed by atoms with Gasteiger partial charge in [-0.3, -0.25) is 19.3 Å². The summed E-state index contributed by atoms with van der Waals surface area (Å²) in [6.07, 6.45) is 2.90. The van der Waals surface area contributed by atoms with Crippen LogP contribution in [0.25, 0.3) is 0 Å². The first-order valence-electron chi connectivity index (χ1n) is 5.70. The van der Waals surface area contributed by atoms with E-state index in [1.165, 1.54) is 24.2 Å². The minimum Gasteiger partial charge on any atom is -0.499 e. The topological polar surface area (TPSA) is 66.9 Å². The second-order valence-corrected chi connectivity index (χ2v) is 4.36. The fraction of sp³-hybridized carbons (Fsp3) is 0.308. The molecule has 1 saturated heterocycles. The van der Waals surface area contributed by atoms with Gasteiger partial charge in [-0.05, 0) is 0 Å². The molecule has 2 heterocycles. The first-order chi connectivity index (χ1) is 8.93. The average molecular weight is 262 g/mol. The van der Waals surface area contributed by atoms with Crippen molar-refractivity contribution in [2.45, 2.75) is 6.42 Å². The van der Waals surface area contributed by atoms with Crippen molar-refractivity contribution in [3.8, 4) is 0 Å². The van der Waals surface area contributed by atoms with Crippen LogP contribution in [0.1, 0.15) is 6.42 Å². The number of carbonyl (C=O) groups excluding carboxylic acids is 3. The van der Waals surface area contributed by atoms with Gasteiger partial charge in [0.05, 0.1) is 13.7 Å². The van der Waals surface area contributed by atoms with Crippen LogP contribution in [-0.4, -0.2) is 48.2 Å². The highest BCUT2D eigenvalue weighted by molar-refractivity contribution is 6.08. The molecule has 6 nitrogen and oxygen atoms in total. The molecule has 0 unspecified atom stereocenters. The van der Waals surface area contributed by atoms with Crippen LogP contribution in [-0.2, 0) is 19.1 Å². The number of likely N-dealkylation sites (tertiary alicyclic amines) is 1. The third-order valence-electron chi connectivity index (χ3n) is 3.12. The standard InChI is InChI=1S/C13H14N2O4/c1-8-4-9(14(2)13(8)18)5-11(16)15-7-10(19-3)6-12(15)17/h5-6H,1,4,7H2,2-3H3. The highest BCUT2D eigenvalue weighted by atomic mass is 16.5. The average Bonchev–Trinajstić information content (AvgIpc) is 2.86. The molecular weight excluding hydrogens is 248 g/mol. The number of likely N-dealkylation sites (N-methyl/N-ethyl adjacent to an activating group) is 1. The van der Waals surface area contributed by atoms with Gasteiger partial charge in [-0.25, -0.2) is 0 Å². The van der Waals surface area contributed by atoms with Crippen LogP contribution in [0.15, 0.2) is 35.8 Å². The molecule has 100 valence electrons. The molecular formula is C13H14N2O4. The van der Waals surface area contributed by atoms with E-state index in [2.05, 4.69) is 6.58 Å². The number of ether oxygens (including phenoxy) is 1. The zero-order valence-electron chi connectivity index (χ0n) is 10.8. The van der Waals surface area contributed by atoms with Gasteiger partial charge in [0, 0.05) is 36.9 Å². The van der Waals surface area contributed by atoms with E-state index in [4.69, 9.17) is 4.74 Å². The van der Waals surface area contributed by atoms with Crippen LogP contribution in [0.4, 0.5) is 0 Å². The van der Waals surface area contributed by atoms with Crippen molar-refractivity contribution >= 4 is 17.7 Å². The van der Waals surface area contributed by atoms with Gasteiger partial charge in [-0.2, -0.15) is 0 Å². The Labute approximate surface area is 110 Å². The number of hydrogen-bond donors (Lipinski definition) is 0. The van der Waals surface area contributed by atoms with Crippen molar-refractivity contribution in [3.63, 3.8) is 0 Å². The van der Waals surface area contributed by atoms with Gasteiger partial charge in [0.2, 0.25) is 0 Å². The summed E-state index contributed by atoms with van der Waals surface area (Å²) in [7, 11) is 3.02. The lowest BCUT2D eigenvalue weighted by Gasteiger charge is -2.14. The number of carbonyl (C=O) groups is 3. The van der Waals surface area contributed by atoms with Gasteiger partial charge < -0.3 is 9.64 Å². The lowest BCUT2D eigenvalue weighted by molar-refractivity contribution is -0.137. The quantitative estimate of drug-likeness (QED) is 0.666. The number of methoxy groups -OCH3 is 1. The van der Waals surface area contributed by atoms with E-state index in [1.807, 2.05) is 0 Å². The number of rotatable bonds is 2. The molecule has 0 aliphatic carbocycles. The maximum Gasteiger partial charge on any atom is 0.257 e. The summed E-state index contributed by atoms with van der Waals surface area (Å²) in [6, 6.07) is 0. The third kappa shape index (κ3) is 2.29. The van der Waals surface area contributed by atoms with E-state index in [0.717, 1.165) is 4.90 Å². The Bertz CT molecular complexity index is 545. The van der Waals surface area contributed by atoms with Crippen molar-refractivity contribution in [3.05, 3.63) is 35.8 Å². The van der Waals surface area contributed by atoms with Gasteiger partial charge in [-0.1, -0.05) is 6.58 Å². The van der Waals surface area contributed by atoms with Gasteiger partial charge >= 0.3 is 0 Å². The molecule has 0 saturated carbocycles. The zero-order valence-corrected chi connectivity index (χ0v) is 10.8. The van der Waals surface area contributed by atoms with Crippen LogP contribution in [0.5, 0.6) is 0 Å². The summed E-state index contributed by atoms with van der Waals surface area (Å²) in [5.41, 5.74) is 0.976. The summed E-state index contributed by atoms with van der Waals surface area (Å²) in [5, 5.41) is 0. The van der Waals surface area contributed by atoms with E-state index in [1.54, 1.807) is 7.05 Å². The molecule has 2 aliphatic rings. The molecule has 6 heteroatoms. The highest BCUT2D eigenvalue weighted by Gasteiger charge is 2.30. The molecule has 2 aliphatic heterocycles. The van der Waals surface area contributed by atoms with E-state index in [0.29, 0.717) is 23.5 Å². The van der Waals surface area contributed by atoms with Crippen LogP contribution >= 0.6 is 0 Å². The smallest absolute Gasteiger partial charge is 0.257 e. The first kappa shape index (κ1) is 13.1. The van der Waals surface area contributed by atoms with Crippen LogP contribution < -0.4 is 0 Å². The molecule has 0 N–H and O–H groups in total. The fourth-order valence-corrected chi connectivity index (χ4v) is 1.95. The minimum atomic E-state index is -0.461. The van der Waals surface area contributed by atoms with Gasteiger partial charge in [-0.15, -0.1) is 0 Å². The fourth-order valence-electron chi connectivity index (χ4n) is 1.95. The van der Waals surface area contributed by atoms with Crippen molar-refractivity contribution in [1.29, 1.82) is 0 Å². The summed E-state index contributed by atoms with van der Waals surface area (Å²) in [6.45, 7) is 3.75. The Morgan fingerprint density at radius 3 is 2.63 bits per heavy atom. The molecule has 19 heavy (non-hydrogen) atoms. The Hall–Kier alpha value is -2.37. The SMILES string of the molecule is C=C1CC(=CC(=O)N2CC(OC)=CC2=O)N(C)C1=O. The number of imide groups is 1. The molecule has 0 radical (unpaired) electrons. The number of allylic oxidation sites excluding steroid dienone is 1. The normalized spacial score (nSPS) is 21.5. The number of nitrogens with zero attached hydrogens (tertiary/aromatic N) is 2. The Balaban J connectivity index is 2.13. The molecule has 3 amide bonds. The van der Waals surface area contributed by atoms with E-state index < -0.39 is 11.8 Å². The van der Waals surface area contributed by atoms with Crippen LogP contribution in [0.3, 0.4) is 0 Å². The molecule has 0 atom stereocenters. The van der Waals surface area contributed by atoms with Crippen LogP contribution in [0, 0.1) is 0 Å². The monoisotopic (exact) mass is 262 g/mol. The van der Waals surface area contributed by atoms with Crippen molar-refractivity contribution in [2.75, 3.05) is 20.7 Å². The number of hydrogen-bond acceptors (Lipinski definition) is 4. The first-order valence-corrected chi connectivity index (χ1v) is 5.70. The highest BCUT2D eigenvalue weighted by Crippen LogP contribution is 2.24. The Kier molecular flexibility index (Phi) is 3.25. The van der Waals surface area contributed by atoms with Crippen molar-refractivity contribution in [2.24, 2.45) is 0 Å². The molecule has 0 aromatic heterocycles. The second kappa shape index (κ2) is 4.72. The lowest BCUT2D eigenvalue weighted by atomic mass is 10.2. The Morgan fingerprint density at radius 1 is 1.47 bits per heavy atom. The lowest BCUT2D eigenvalue weighted by Crippen LogP contribution is -2.32. The maximum absolute atomic E-state index is 12.0. The van der Waals surface area contributed by atoms with Crippen molar-refractivity contribution in [1.82, 2.24) is 9.80 Å². The minimum absolute atomic E-state index is 0.122. The summed E-state index contributed by atoms with van der Waals surface area (Å²) in [4.78, 5) is 37.6. The molecule has 0 aromatic carbocycles. The van der Waals surface area contributed by atoms with Gasteiger partial charge in [0.15, 0.2) is 0 Å². The summed E-state index contributed by atoms with van der Waals surface area (Å²) < 4.78 is 4.93. The predicted molar refractivity (Wildman–Crippen MR) is 66.4 cm³/mol. The van der Waals surface area contributed by atoms with Crippen molar-refractivity contribution < 1.29 is 19.1 Å². The van der Waals surface area contributed by atoms with Gasteiger partial charge in [0.25, 0.3) is 17.7 Å². The van der Waals surface area contributed by atoms with E-state index in [-0.39, 0.29) is 12.5 Å². The van der Waals surface area contributed by atoms with Crippen LogP contribution in [0.2, 0.25) is 0 Å². The Morgan fingerprint density at radius 2 is 2.16 bits per heavy atom. The van der Waals surface area contributed by atoms with E-state index >= 15 is 0 Å². The molecule has 0 spiro atoms. The maximum atomic E-state index is 12.0. The number of amides is 3. The largest absolute Gasteiger partial charge is 0.499 e. The van der Waals surface area contributed by atoms with E-state index in [9.17, 15) is 14.4 Å². The second-order valence-electron chi connectivity index (χ2n) is 4.36. The summed E-state index contributed by atoms with van der Waals surface area (Å²) >= 11 is 0. The molecule has 2 rings (SSSR count). The third-order valence-corrected chi connectivity index (χ3v) is 3.12. The zero-order chi connectivity index (χ0) is 14.2. The predicted octanol–water partition coefficient (Wildman–Crippen LogP) is 0.188. The van der Waals surface area contributed by atoms with Gasteiger partial charge in [0.1, 0.15) is 5.76 Å². The molecule has 0 aromatic rings.